The number of amides is 1. The minimum Gasteiger partial charge on any atom is -0.383 e. The van der Waals surface area contributed by atoms with Gasteiger partial charge >= 0.3 is 0 Å². The first kappa shape index (κ1) is 22.7. The van der Waals surface area contributed by atoms with E-state index in [1.54, 1.807) is 37.6 Å². The van der Waals surface area contributed by atoms with Crippen LogP contribution < -0.4 is 10.2 Å². The number of hydrogen-bond acceptors (Lipinski definition) is 6. The lowest BCUT2D eigenvalue weighted by atomic mass is 9.88. The average Bonchev–Trinajstić information content (AvgIpc) is 2.75. The number of rotatable bonds is 8. The van der Waals surface area contributed by atoms with Crippen molar-refractivity contribution >= 4 is 40.6 Å². The Morgan fingerprint density at radius 3 is 2.77 bits per heavy atom. The molecule has 162 valence electrons. The summed E-state index contributed by atoms with van der Waals surface area (Å²) in [5.41, 5.74) is 0.982. The summed E-state index contributed by atoms with van der Waals surface area (Å²) >= 11 is 12.3. The second kappa shape index (κ2) is 10.9. The summed E-state index contributed by atoms with van der Waals surface area (Å²) in [7, 11) is 1.61. The average molecular weight is 453 g/mol. The summed E-state index contributed by atoms with van der Waals surface area (Å²) in [6.45, 7) is 0.920. The minimum absolute atomic E-state index is 0.0750. The number of carbonyl (C=O) groups excluding carboxylic acids is 1. The van der Waals surface area contributed by atoms with Crippen LogP contribution >= 0.6 is 23.2 Å². The maximum absolute atomic E-state index is 12.9. The van der Waals surface area contributed by atoms with Crippen LogP contribution in [0.1, 0.15) is 42.5 Å². The second-order valence-corrected chi connectivity index (χ2v) is 8.05. The molecule has 3 rings (SSSR count). The van der Waals surface area contributed by atoms with Crippen LogP contribution in [0.25, 0.3) is 0 Å². The lowest BCUT2D eigenvalue weighted by Crippen LogP contribution is -2.41. The van der Waals surface area contributed by atoms with Gasteiger partial charge < -0.3 is 20.1 Å². The molecule has 1 aliphatic rings. The molecule has 0 bridgehead atoms. The van der Waals surface area contributed by atoms with Crippen molar-refractivity contribution in [3.05, 3.63) is 46.3 Å². The molecule has 1 amide bonds. The maximum atomic E-state index is 12.9. The van der Waals surface area contributed by atoms with E-state index in [0.717, 1.165) is 25.7 Å². The predicted molar refractivity (Wildman–Crippen MR) is 117 cm³/mol. The lowest BCUT2D eigenvalue weighted by molar-refractivity contribution is 0.0463. The molecule has 1 unspecified atom stereocenters. The lowest BCUT2D eigenvalue weighted by Gasteiger charge is -2.27. The van der Waals surface area contributed by atoms with Gasteiger partial charge in [0, 0.05) is 31.5 Å². The number of aliphatic hydroxyl groups excluding tert-OH is 1. The maximum Gasteiger partial charge on any atom is 0.254 e. The molecule has 30 heavy (non-hydrogen) atoms. The summed E-state index contributed by atoms with van der Waals surface area (Å²) in [4.78, 5) is 22.9. The zero-order valence-electron chi connectivity index (χ0n) is 16.9. The zero-order chi connectivity index (χ0) is 21.5. The van der Waals surface area contributed by atoms with Gasteiger partial charge in [-0.25, -0.2) is 9.97 Å². The van der Waals surface area contributed by atoms with Crippen molar-refractivity contribution in [1.29, 1.82) is 0 Å². The monoisotopic (exact) mass is 452 g/mol. The van der Waals surface area contributed by atoms with Crippen LogP contribution in [0, 0.1) is 5.92 Å². The number of nitrogens with one attached hydrogen (secondary N) is 1. The van der Waals surface area contributed by atoms with Crippen molar-refractivity contribution in [2.24, 2.45) is 5.92 Å². The van der Waals surface area contributed by atoms with Crippen molar-refractivity contribution < 1.29 is 14.6 Å². The van der Waals surface area contributed by atoms with Gasteiger partial charge in [-0.1, -0.05) is 30.9 Å². The molecule has 1 aliphatic carbocycles. The van der Waals surface area contributed by atoms with Gasteiger partial charge in [-0.3, -0.25) is 4.79 Å². The first-order chi connectivity index (χ1) is 14.5. The molecule has 7 nitrogen and oxygen atoms in total. The Labute approximate surface area is 186 Å². The number of carbonyl (C=O) groups is 1. The highest BCUT2D eigenvalue weighted by Gasteiger charge is 2.25. The fourth-order valence-corrected chi connectivity index (χ4v) is 4.02. The molecule has 9 heteroatoms. The minimum atomic E-state index is -0.886. The molecule has 1 saturated carbocycles. The van der Waals surface area contributed by atoms with Crippen LogP contribution in [0.4, 0.5) is 11.5 Å². The van der Waals surface area contributed by atoms with Crippen LogP contribution in [0.3, 0.4) is 0 Å². The predicted octanol–water partition coefficient (Wildman–Crippen LogP) is 4.20. The fourth-order valence-electron chi connectivity index (χ4n) is 3.67. The Hall–Kier alpha value is -1.93. The van der Waals surface area contributed by atoms with Crippen molar-refractivity contribution in [2.75, 3.05) is 25.2 Å². The van der Waals surface area contributed by atoms with Gasteiger partial charge in [0.05, 0.1) is 17.2 Å². The molecule has 0 saturated heterocycles. The van der Waals surface area contributed by atoms with E-state index in [-0.39, 0.29) is 16.8 Å². The number of methoxy groups -OCH3 is 1. The Morgan fingerprint density at radius 1 is 1.30 bits per heavy atom. The number of halogens is 2. The molecule has 2 N–H and O–H groups in total. The number of nitrogens with zero attached hydrogens (tertiary/aromatic N) is 3. The molecular weight excluding hydrogens is 427 g/mol. The molecule has 1 atom stereocenters. The van der Waals surface area contributed by atoms with Crippen molar-refractivity contribution in [2.45, 2.75) is 38.3 Å². The first-order valence-corrected chi connectivity index (χ1v) is 10.8. The Kier molecular flexibility index (Phi) is 8.27. The van der Waals surface area contributed by atoms with Crippen LogP contribution in [0.15, 0.2) is 30.5 Å². The SMILES string of the molecule is COCCN(c1ccc(Cl)c(C(=O)NC(O)C2CCCCC2)c1)c1ccnc(Cl)n1. The van der Waals surface area contributed by atoms with E-state index in [4.69, 9.17) is 27.9 Å². The third-order valence-electron chi connectivity index (χ3n) is 5.29. The second-order valence-electron chi connectivity index (χ2n) is 7.31. The smallest absolute Gasteiger partial charge is 0.254 e. The van der Waals surface area contributed by atoms with Gasteiger partial charge in [-0.2, -0.15) is 0 Å². The molecular formula is C21H26Cl2N4O3. The van der Waals surface area contributed by atoms with Crippen molar-refractivity contribution in [1.82, 2.24) is 15.3 Å². The van der Waals surface area contributed by atoms with E-state index in [1.807, 2.05) is 4.90 Å². The van der Waals surface area contributed by atoms with Crippen LogP contribution in [0.2, 0.25) is 10.3 Å². The molecule has 1 aromatic carbocycles. The summed E-state index contributed by atoms with van der Waals surface area (Å²) in [6, 6.07) is 6.85. The van der Waals surface area contributed by atoms with E-state index >= 15 is 0 Å². The van der Waals surface area contributed by atoms with Crippen molar-refractivity contribution in [3.63, 3.8) is 0 Å². The Morgan fingerprint density at radius 2 is 2.07 bits per heavy atom. The highest BCUT2D eigenvalue weighted by Crippen LogP contribution is 2.29. The summed E-state index contributed by atoms with van der Waals surface area (Å²) in [6.07, 6.45) is 5.82. The van der Waals surface area contributed by atoms with Gasteiger partial charge in [-0.15, -0.1) is 0 Å². The molecule has 1 heterocycles. The fraction of sp³-hybridized carbons (Fsp3) is 0.476. The van der Waals surface area contributed by atoms with E-state index in [0.29, 0.717) is 29.7 Å². The number of aliphatic hydroxyl groups is 1. The topological polar surface area (TPSA) is 87.6 Å². The summed E-state index contributed by atoms with van der Waals surface area (Å²) in [5, 5.41) is 13.6. The third kappa shape index (κ3) is 5.82. The summed E-state index contributed by atoms with van der Waals surface area (Å²) in [5.74, 6) is 0.237. The Balaban J connectivity index is 1.83. The largest absolute Gasteiger partial charge is 0.383 e. The number of benzene rings is 1. The number of anilines is 2. The summed E-state index contributed by atoms with van der Waals surface area (Å²) < 4.78 is 5.21. The molecule has 1 aromatic heterocycles. The number of hydrogen-bond donors (Lipinski definition) is 2. The van der Waals surface area contributed by atoms with E-state index in [1.165, 1.54) is 6.42 Å². The van der Waals surface area contributed by atoms with Gasteiger partial charge in [0.1, 0.15) is 12.0 Å². The standard InChI is InChI=1S/C21H26Cl2N4O3/c1-30-12-11-27(18-9-10-24-21(23)25-18)15-7-8-17(22)16(13-15)20(29)26-19(28)14-5-3-2-4-6-14/h7-10,13-14,19,28H,2-6,11-12H2,1H3,(H,26,29). The first-order valence-electron chi connectivity index (χ1n) is 10.0. The quantitative estimate of drug-likeness (QED) is 0.460. The number of ether oxygens (including phenoxy) is 1. The van der Waals surface area contributed by atoms with Crippen LogP contribution in [0.5, 0.6) is 0 Å². The van der Waals surface area contributed by atoms with E-state index in [2.05, 4.69) is 15.3 Å². The third-order valence-corrected chi connectivity index (χ3v) is 5.80. The van der Waals surface area contributed by atoms with E-state index in [9.17, 15) is 9.90 Å². The number of aromatic nitrogens is 2. The van der Waals surface area contributed by atoms with Gasteiger partial charge in [-0.05, 0) is 48.7 Å². The van der Waals surface area contributed by atoms with Crippen LogP contribution in [-0.2, 0) is 4.74 Å². The molecule has 0 aliphatic heterocycles. The van der Waals surface area contributed by atoms with E-state index < -0.39 is 12.1 Å². The Bertz CT molecular complexity index is 862. The van der Waals surface area contributed by atoms with Gasteiger partial charge in [0.15, 0.2) is 0 Å². The zero-order valence-corrected chi connectivity index (χ0v) is 18.4. The molecule has 1 fully saturated rings. The molecule has 2 aromatic rings. The highest BCUT2D eigenvalue weighted by atomic mass is 35.5. The van der Waals surface area contributed by atoms with Gasteiger partial charge in [0.2, 0.25) is 5.28 Å². The van der Waals surface area contributed by atoms with Crippen molar-refractivity contribution in [3.8, 4) is 0 Å². The molecule has 0 radical (unpaired) electrons. The normalized spacial score (nSPS) is 15.6. The van der Waals surface area contributed by atoms with Gasteiger partial charge in [0.25, 0.3) is 5.91 Å². The molecule has 0 spiro atoms. The highest BCUT2D eigenvalue weighted by molar-refractivity contribution is 6.34. The van der Waals surface area contributed by atoms with Crippen LogP contribution in [-0.4, -0.2) is 47.5 Å².